The van der Waals surface area contributed by atoms with Crippen LogP contribution in [0.25, 0.3) is 0 Å². The molecule has 2 N–H and O–H groups in total. The summed E-state index contributed by atoms with van der Waals surface area (Å²) in [5.41, 5.74) is 0.553. The van der Waals surface area contributed by atoms with Gasteiger partial charge in [-0.15, -0.1) is 0 Å². The third-order valence-electron chi connectivity index (χ3n) is 3.33. The van der Waals surface area contributed by atoms with Crippen molar-refractivity contribution in [2.75, 3.05) is 5.32 Å². The van der Waals surface area contributed by atoms with Crippen LogP contribution in [0.2, 0.25) is 0 Å². The minimum atomic E-state index is -0.105. The SMILES string of the molecule is CC(Nc1cnn(CC2CC2)c(=O)c1Br)c1ncn[nH]1. The highest BCUT2D eigenvalue weighted by molar-refractivity contribution is 9.10. The highest BCUT2D eigenvalue weighted by Gasteiger charge is 2.23. The van der Waals surface area contributed by atoms with Gasteiger partial charge >= 0.3 is 0 Å². The third-order valence-corrected chi connectivity index (χ3v) is 4.10. The summed E-state index contributed by atoms with van der Waals surface area (Å²) in [4.78, 5) is 16.3. The quantitative estimate of drug-likeness (QED) is 0.866. The summed E-state index contributed by atoms with van der Waals surface area (Å²) in [5, 5.41) is 14.0. The van der Waals surface area contributed by atoms with Gasteiger partial charge in [-0.1, -0.05) is 0 Å². The Kier molecular flexibility index (Phi) is 3.56. The van der Waals surface area contributed by atoms with Crippen LogP contribution in [0.1, 0.15) is 31.6 Å². The van der Waals surface area contributed by atoms with Crippen molar-refractivity contribution in [3.05, 3.63) is 33.2 Å². The number of aromatic amines is 1. The smallest absolute Gasteiger partial charge is 0.283 e. The van der Waals surface area contributed by atoms with Gasteiger partial charge in [0.1, 0.15) is 16.6 Å². The Morgan fingerprint density at radius 2 is 2.40 bits per heavy atom. The summed E-state index contributed by atoms with van der Waals surface area (Å²) < 4.78 is 2.02. The summed E-state index contributed by atoms with van der Waals surface area (Å²) in [6.45, 7) is 2.64. The van der Waals surface area contributed by atoms with Gasteiger partial charge in [0.15, 0.2) is 0 Å². The van der Waals surface area contributed by atoms with Crippen molar-refractivity contribution in [2.45, 2.75) is 32.4 Å². The first-order valence-electron chi connectivity index (χ1n) is 6.52. The van der Waals surface area contributed by atoms with Crippen molar-refractivity contribution in [1.29, 1.82) is 0 Å². The fourth-order valence-corrected chi connectivity index (χ4v) is 2.39. The molecule has 20 heavy (non-hydrogen) atoms. The van der Waals surface area contributed by atoms with Crippen LogP contribution in [-0.2, 0) is 6.54 Å². The van der Waals surface area contributed by atoms with Crippen molar-refractivity contribution in [3.63, 3.8) is 0 Å². The lowest BCUT2D eigenvalue weighted by Crippen LogP contribution is -2.25. The average molecular weight is 339 g/mol. The molecule has 1 aliphatic rings. The zero-order valence-corrected chi connectivity index (χ0v) is 12.6. The molecule has 1 unspecified atom stereocenters. The third kappa shape index (κ3) is 2.74. The van der Waals surface area contributed by atoms with E-state index in [0.29, 0.717) is 28.4 Å². The number of nitrogens with zero attached hydrogens (tertiary/aromatic N) is 4. The largest absolute Gasteiger partial charge is 0.373 e. The molecule has 1 atom stereocenters. The molecule has 1 aliphatic carbocycles. The van der Waals surface area contributed by atoms with E-state index < -0.39 is 0 Å². The maximum atomic E-state index is 12.2. The average Bonchev–Trinajstić information content (AvgIpc) is 3.07. The van der Waals surface area contributed by atoms with Crippen LogP contribution >= 0.6 is 15.9 Å². The van der Waals surface area contributed by atoms with E-state index in [4.69, 9.17) is 0 Å². The Morgan fingerprint density at radius 3 is 3.05 bits per heavy atom. The molecule has 2 heterocycles. The van der Waals surface area contributed by atoms with Crippen LogP contribution in [0.5, 0.6) is 0 Å². The van der Waals surface area contributed by atoms with Crippen molar-refractivity contribution in [1.82, 2.24) is 25.0 Å². The second kappa shape index (κ2) is 5.35. The lowest BCUT2D eigenvalue weighted by Gasteiger charge is -2.14. The van der Waals surface area contributed by atoms with Gasteiger partial charge in [-0.3, -0.25) is 9.89 Å². The van der Waals surface area contributed by atoms with Crippen LogP contribution < -0.4 is 10.9 Å². The standard InChI is InChI=1S/C12H15BrN6O/c1-7(11-14-6-15-18-11)17-9-4-16-19(5-8-2-3-8)12(20)10(9)13/h4,6-8,17H,2-3,5H2,1H3,(H,14,15,18). The Bertz CT molecular complexity index is 648. The summed E-state index contributed by atoms with van der Waals surface area (Å²) in [6.07, 6.45) is 5.50. The van der Waals surface area contributed by atoms with Gasteiger partial charge in [0.25, 0.3) is 5.56 Å². The zero-order chi connectivity index (χ0) is 14.1. The first-order valence-corrected chi connectivity index (χ1v) is 7.32. The molecule has 8 heteroatoms. The van der Waals surface area contributed by atoms with Crippen LogP contribution in [0.15, 0.2) is 21.8 Å². The molecule has 0 aliphatic heterocycles. The lowest BCUT2D eigenvalue weighted by molar-refractivity contribution is 0.531. The molecule has 0 spiro atoms. The van der Waals surface area contributed by atoms with E-state index in [2.05, 4.69) is 41.5 Å². The lowest BCUT2D eigenvalue weighted by atomic mass is 10.3. The molecule has 1 fully saturated rings. The zero-order valence-electron chi connectivity index (χ0n) is 11.0. The van der Waals surface area contributed by atoms with E-state index in [0.717, 1.165) is 0 Å². The van der Waals surface area contributed by atoms with Crippen molar-refractivity contribution >= 4 is 21.6 Å². The van der Waals surface area contributed by atoms with Gasteiger partial charge in [-0.25, -0.2) is 9.67 Å². The number of hydrogen-bond donors (Lipinski definition) is 2. The Morgan fingerprint density at radius 1 is 1.60 bits per heavy atom. The molecule has 2 aromatic rings. The minimum Gasteiger partial charge on any atom is -0.373 e. The fourth-order valence-electron chi connectivity index (χ4n) is 1.97. The number of nitrogens with one attached hydrogen (secondary N) is 2. The van der Waals surface area contributed by atoms with E-state index in [1.165, 1.54) is 23.9 Å². The fraction of sp³-hybridized carbons (Fsp3) is 0.500. The van der Waals surface area contributed by atoms with E-state index >= 15 is 0 Å². The first kappa shape index (κ1) is 13.3. The van der Waals surface area contributed by atoms with E-state index in [9.17, 15) is 4.79 Å². The number of halogens is 1. The number of hydrogen-bond acceptors (Lipinski definition) is 5. The number of H-pyrrole nitrogens is 1. The Labute approximate surface area is 123 Å². The van der Waals surface area contributed by atoms with Gasteiger partial charge in [-0.2, -0.15) is 10.2 Å². The van der Waals surface area contributed by atoms with Gasteiger partial charge in [0.05, 0.1) is 17.9 Å². The highest BCUT2D eigenvalue weighted by atomic mass is 79.9. The van der Waals surface area contributed by atoms with Crippen molar-refractivity contribution in [2.24, 2.45) is 5.92 Å². The molecule has 0 amide bonds. The molecule has 1 saturated carbocycles. The normalized spacial score (nSPS) is 16.1. The van der Waals surface area contributed by atoms with Crippen molar-refractivity contribution in [3.8, 4) is 0 Å². The molecule has 0 bridgehead atoms. The Balaban J connectivity index is 1.79. The maximum Gasteiger partial charge on any atom is 0.283 e. The molecule has 106 valence electrons. The molecular formula is C12H15BrN6O. The molecule has 3 rings (SSSR count). The van der Waals surface area contributed by atoms with Gasteiger partial charge in [-0.05, 0) is 41.6 Å². The van der Waals surface area contributed by atoms with Gasteiger partial charge in [0, 0.05) is 6.54 Å². The number of aromatic nitrogens is 5. The molecule has 0 aromatic carbocycles. The van der Waals surface area contributed by atoms with Crippen LogP contribution in [0, 0.1) is 5.92 Å². The van der Waals surface area contributed by atoms with Gasteiger partial charge < -0.3 is 5.32 Å². The minimum absolute atomic E-state index is 0.0886. The number of rotatable bonds is 5. The summed E-state index contributed by atoms with van der Waals surface area (Å²) >= 11 is 3.35. The highest BCUT2D eigenvalue weighted by Crippen LogP contribution is 2.30. The molecule has 2 aromatic heterocycles. The molecule has 0 saturated heterocycles. The Hall–Kier alpha value is -1.70. The van der Waals surface area contributed by atoms with Crippen molar-refractivity contribution < 1.29 is 0 Å². The maximum absolute atomic E-state index is 12.2. The summed E-state index contributed by atoms with van der Waals surface area (Å²) in [7, 11) is 0. The van der Waals surface area contributed by atoms with E-state index in [1.807, 2.05) is 6.92 Å². The van der Waals surface area contributed by atoms with Crippen LogP contribution in [0.3, 0.4) is 0 Å². The molecule has 7 nitrogen and oxygen atoms in total. The van der Waals surface area contributed by atoms with E-state index in [-0.39, 0.29) is 11.6 Å². The molecular weight excluding hydrogens is 324 g/mol. The first-order chi connectivity index (χ1) is 9.65. The molecule has 0 radical (unpaired) electrons. The van der Waals surface area contributed by atoms with Crippen LogP contribution in [-0.4, -0.2) is 25.0 Å². The van der Waals surface area contributed by atoms with E-state index in [1.54, 1.807) is 6.20 Å². The predicted octanol–water partition coefficient (Wildman–Crippen LogP) is 1.71. The number of anilines is 1. The monoisotopic (exact) mass is 338 g/mol. The second-order valence-corrected chi connectivity index (χ2v) is 5.83. The predicted molar refractivity (Wildman–Crippen MR) is 77.3 cm³/mol. The topological polar surface area (TPSA) is 88.5 Å². The summed E-state index contributed by atoms with van der Waals surface area (Å²) in [6, 6.07) is -0.0886. The van der Waals surface area contributed by atoms with Gasteiger partial charge in [0.2, 0.25) is 0 Å². The summed E-state index contributed by atoms with van der Waals surface area (Å²) in [5.74, 6) is 1.32. The van der Waals surface area contributed by atoms with Crippen LogP contribution in [0.4, 0.5) is 5.69 Å². The second-order valence-electron chi connectivity index (χ2n) is 5.04.